The number of likely N-dealkylation sites (N-methyl/N-ethyl adjacent to an activating group) is 1. The Bertz CT molecular complexity index is 474. The number of nitro groups is 1. The molecule has 0 radical (unpaired) electrons. The SMILES string of the molecule is Cc1nn(C(C)C)c(N(C)CC(C)(C)O)c1[N+](=O)[O-]. The minimum atomic E-state index is -0.942. The zero-order valence-electron chi connectivity index (χ0n) is 12.3. The number of hydrogen-bond acceptors (Lipinski definition) is 5. The second kappa shape index (κ2) is 5.16. The molecule has 19 heavy (non-hydrogen) atoms. The lowest BCUT2D eigenvalue weighted by molar-refractivity contribution is -0.384. The van der Waals surface area contributed by atoms with E-state index in [9.17, 15) is 15.2 Å². The zero-order valence-corrected chi connectivity index (χ0v) is 12.3. The van der Waals surface area contributed by atoms with Crippen LogP contribution in [0.2, 0.25) is 0 Å². The summed E-state index contributed by atoms with van der Waals surface area (Å²) in [7, 11) is 1.72. The summed E-state index contributed by atoms with van der Waals surface area (Å²) in [6.07, 6.45) is 0. The molecular formula is C12H22N4O3. The number of aliphatic hydroxyl groups is 1. The van der Waals surface area contributed by atoms with Crippen molar-refractivity contribution in [3.05, 3.63) is 15.8 Å². The number of anilines is 1. The molecule has 1 heterocycles. The van der Waals surface area contributed by atoms with Gasteiger partial charge in [0.25, 0.3) is 0 Å². The fourth-order valence-corrected chi connectivity index (χ4v) is 2.11. The minimum absolute atomic E-state index is 0.000417. The van der Waals surface area contributed by atoms with Crippen LogP contribution in [0.1, 0.15) is 39.4 Å². The quantitative estimate of drug-likeness (QED) is 0.652. The van der Waals surface area contributed by atoms with Gasteiger partial charge in [0.15, 0.2) is 0 Å². The zero-order chi connectivity index (χ0) is 15.0. The van der Waals surface area contributed by atoms with E-state index in [1.165, 1.54) is 0 Å². The van der Waals surface area contributed by atoms with Crippen LogP contribution in [0, 0.1) is 17.0 Å². The van der Waals surface area contributed by atoms with Gasteiger partial charge in [-0.15, -0.1) is 0 Å². The van der Waals surface area contributed by atoms with Gasteiger partial charge in [-0.3, -0.25) is 10.1 Å². The lowest BCUT2D eigenvalue weighted by atomic mass is 10.1. The van der Waals surface area contributed by atoms with E-state index in [-0.39, 0.29) is 18.3 Å². The summed E-state index contributed by atoms with van der Waals surface area (Å²) in [5, 5.41) is 25.3. The first-order chi connectivity index (χ1) is 8.54. The maximum Gasteiger partial charge on any atom is 0.333 e. The number of rotatable bonds is 5. The molecule has 0 aliphatic heterocycles. The Hall–Kier alpha value is -1.63. The molecule has 7 nitrogen and oxygen atoms in total. The van der Waals surface area contributed by atoms with E-state index in [1.807, 2.05) is 13.8 Å². The van der Waals surface area contributed by atoms with Crippen LogP contribution >= 0.6 is 0 Å². The summed E-state index contributed by atoms with van der Waals surface area (Å²) in [5.41, 5.74) is -0.556. The van der Waals surface area contributed by atoms with Gasteiger partial charge in [0.1, 0.15) is 5.69 Å². The topological polar surface area (TPSA) is 84.4 Å². The molecule has 108 valence electrons. The predicted octanol–water partition coefficient (Wildman–Crippen LogP) is 1.89. The van der Waals surface area contributed by atoms with Crippen LogP contribution < -0.4 is 4.90 Å². The number of aryl methyl sites for hydroxylation is 1. The molecule has 0 atom stereocenters. The molecule has 1 aromatic heterocycles. The number of nitrogens with zero attached hydrogens (tertiary/aromatic N) is 4. The Balaban J connectivity index is 3.33. The summed E-state index contributed by atoms with van der Waals surface area (Å²) < 4.78 is 1.62. The van der Waals surface area contributed by atoms with E-state index in [0.29, 0.717) is 11.5 Å². The Labute approximate surface area is 113 Å². The molecule has 0 saturated carbocycles. The van der Waals surface area contributed by atoms with Crippen LogP contribution in [0.4, 0.5) is 11.5 Å². The van der Waals surface area contributed by atoms with Crippen molar-refractivity contribution in [2.24, 2.45) is 0 Å². The Kier molecular flexibility index (Phi) is 4.19. The monoisotopic (exact) mass is 270 g/mol. The maximum atomic E-state index is 11.2. The Morgan fingerprint density at radius 3 is 2.42 bits per heavy atom. The third-order valence-electron chi connectivity index (χ3n) is 2.69. The lowest BCUT2D eigenvalue weighted by Gasteiger charge is -2.27. The van der Waals surface area contributed by atoms with Crippen molar-refractivity contribution in [2.45, 2.75) is 46.3 Å². The van der Waals surface area contributed by atoms with Gasteiger partial charge in [-0.2, -0.15) is 5.10 Å². The van der Waals surface area contributed by atoms with Crippen molar-refractivity contribution in [3.63, 3.8) is 0 Å². The average Bonchev–Trinajstić information content (AvgIpc) is 2.53. The molecule has 0 saturated heterocycles. The first-order valence-electron chi connectivity index (χ1n) is 6.21. The minimum Gasteiger partial charge on any atom is -0.389 e. The molecule has 0 bridgehead atoms. The second-order valence-electron chi connectivity index (χ2n) is 5.72. The third-order valence-corrected chi connectivity index (χ3v) is 2.69. The fourth-order valence-electron chi connectivity index (χ4n) is 2.11. The Morgan fingerprint density at radius 2 is 2.05 bits per heavy atom. The molecule has 0 amide bonds. The third kappa shape index (κ3) is 3.44. The van der Waals surface area contributed by atoms with E-state index in [4.69, 9.17) is 0 Å². The van der Waals surface area contributed by atoms with E-state index >= 15 is 0 Å². The van der Waals surface area contributed by atoms with Crippen LogP contribution in [-0.4, -0.2) is 39.0 Å². The highest BCUT2D eigenvalue weighted by atomic mass is 16.6. The summed E-state index contributed by atoms with van der Waals surface area (Å²) in [6.45, 7) is 9.07. The summed E-state index contributed by atoms with van der Waals surface area (Å²) in [5.74, 6) is 0.430. The van der Waals surface area contributed by atoms with Gasteiger partial charge < -0.3 is 10.0 Å². The number of hydrogen-bond donors (Lipinski definition) is 1. The van der Waals surface area contributed by atoms with Gasteiger partial charge in [0.2, 0.25) is 5.82 Å². The molecule has 1 aromatic rings. The number of aromatic nitrogens is 2. The van der Waals surface area contributed by atoms with Crippen molar-refractivity contribution < 1.29 is 10.0 Å². The molecule has 0 fully saturated rings. The highest BCUT2D eigenvalue weighted by Gasteiger charge is 2.31. The van der Waals surface area contributed by atoms with Gasteiger partial charge in [-0.25, -0.2) is 4.68 Å². The first kappa shape index (κ1) is 15.4. The van der Waals surface area contributed by atoms with Crippen LogP contribution in [0.5, 0.6) is 0 Å². The molecule has 0 unspecified atom stereocenters. The van der Waals surface area contributed by atoms with E-state index in [1.54, 1.807) is 37.4 Å². The van der Waals surface area contributed by atoms with Crippen molar-refractivity contribution in [2.75, 3.05) is 18.5 Å². The molecular weight excluding hydrogens is 248 g/mol. The van der Waals surface area contributed by atoms with Crippen molar-refractivity contribution >= 4 is 11.5 Å². The lowest BCUT2D eigenvalue weighted by Crippen LogP contribution is -2.37. The summed E-state index contributed by atoms with van der Waals surface area (Å²) in [4.78, 5) is 12.5. The largest absolute Gasteiger partial charge is 0.389 e. The Morgan fingerprint density at radius 1 is 1.53 bits per heavy atom. The molecule has 1 N–H and O–H groups in total. The standard InChI is InChI=1S/C12H22N4O3/c1-8(2)15-11(14(6)7-12(4,5)17)10(16(18)19)9(3)13-15/h8,17H,7H2,1-6H3. The van der Waals surface area contributed by atoms with Gasteiger partial charge in [0, 0.05) is 19.6 Å². The van der Waals surface area contributed by atoms with E-state index < -0.39 is 10.5 Å². The van der Waals surface area contributed by atoms with Gasteiger partial charge >= 0.3 is 5.69 Å². The van der Waals surface area contributed by atoms with Crippen LogP contribution in [0.25, 0.3) is 0 Å². The van der Waals surface area contributed by atoms with E-state index in [0.717, 1.165) is 0 Å². The molecule has 0 aromatic carbocycles. The van der Waals surface area contributed by atoms with Crippen LogP contribution in [0.3, 0.4) is 0 Å². The van der Waals surface area contributed by atoms with Crippen LogP contribution in [-0.2, 0) is 0 Å². The second-order valence-corrected chi connectivity index (χ2v) is 5.72. The highest BCUT2D eigenvalue weighted by Crippen LogP contribution is 2.33. The smallest absolute Gasteiger partial charge is 0.333 e. The summed E-state index contributed by atoms with van der Waals surface area (Å²) >= 11 is 0. The fraction of sp³-hybridized carbons (Fsp3) is 0.750. The highest BCUT2D eigenvalue weighted by molar-refractivity contribution is 5.61. The van der Waals surface area contributed by atoms with Crippen LogP contribution in [0.15, 0.2) is 0 Å². The average molecular weight is 270 g/mol. The predicted molar refractivity (Wildman–Crippen MR) is 73.6 cm³/mol. The maximum absolute atomic E-state index is 11.2. The molecule has 1 rings (SSSR count). The normalized spacial score (nSPS) is 12.0. The van der Waals surface area contributed by atoms with Crippen molar-refractivity contribution in [1.82, 2.24) is 9.78 Å². The molecule has 0 spiro atoms. The van der Waals surface area contributed by atoms with Crippen molar-refractivity contribution in [3.8, 4) is 0 Å². The molecule has 0 aliphatic carbocycles. The van der Waals surface area contributed by atoms with E-state index in [2.05, 4.69) is 5.10 Å². The summed E-state index contributed by atoms with van der Waals surface area (Å²) in [6, 6.07) is 0.00616. The first-order valence-corrected chi connectivity index (χ1v) is 6.21. The molecule has 7 heteroatoms. The van der Waals surface area contributed by atoms with Gasteiger partial charge in [-0.05, 0) is 34.6 Å². The van der Waals surface area contributed by atoms with Crippen molar-refractivity contribution in [1.29, 1.82) is 0 Å². The van der Waals surface area contributed by atoms with Gasteiger partial charge in [0.05, 0.1) is 10.5 Å². The van der Waals surface area contributed by atoms with Gasteiger partial charge in [-0.1, -0.05) is 0 Å². The molecule has 0 aliphatic rings.